The second-order valence-electron chi connectivity index (χ2n) is 3.20. The third kappa shape index (κ3) is 1.92. The third-order valence-corrected chi connectivity index (χ3v) is 3.20. The van der Waals surface area contributed by atoms with Gasteiger partial charge in [-0.3, -0.25) is 4.99 Å². The Hall–Kier alpha value is -1.43. The molecule has 0 bridgehead atoms. The number of halogens is 2. The Labute approximate surface area is 94.2 Å². The van der Waals surface area contributed by atoms with Gasteiger partial charge in [-0.15, -0.1) is 11.8 Å². The lowest BCUT2D eigenvalue weighted by atomic mass is 10.2. The minimum absolute atomic E-state index is 0.0220. The summed E-state index contributed by atoms with van der Waals surface area (Å²) in [7, 11) is 0. The number of aliphatic imine (C=N–C) groups is 1. The van der Waals surface area contributed by atoms with Crippen LogP contribution in [0, 0.1) is 11.6 Å². The molecule has 0 fully saturated rings. The molecule has 0 amide bonds. The van der Waals surface area contributed by atoms with E-state index in [1.165, 1.54) is 12.1 Å². The van der Waals surface area contributed by atoms with Gasteiger partial charge in [0.05, 0.1) is 0 Å². The average Bonchev–Trinajstić information content (AvgIpc) is 2.71. The first-order chi connectivity index (χ1) is 7.59. The Kier molecular flexibility index (Phi) is 2.91. The number of hydrogen-bond donors (Lipinski definition) is 1. The number of carboxylic acids is 1. The Morgan fingerprint density at radius 3 is 2.88 bits per heavy atom. The molecule has 6 heteroatoms. The van der Waals surface area contributed by atoms with Gasteiger partial charge in [0.1, 0.15) is 5.04 Å². The van der Waals surface area contributed by atoms with E-state index in [4.69, 9.17) is 5.11 Å². The second-order valence-corrected chi connectivity index (χ2v) is 4.21. The molecule has 84 valence electrons. The first-order valence-corrected chi connectivity index (χ1v) is 5.46. The highest BCUT2D eigenvalue weighted by molar-refractivity contribution is 8.14. The second kappa shape index (κ2) is 4.21. The van der Waals surface area contributed by atoms with Crippen molar-refractivity contribution in [2.24, 2.45) is 4.99 Å². The molecule has 3 nitrogen and oxygen atoms in total. The zero-order valence-electron chi connectivity index (χ0n) is 7.98. The maximum absolute atomic E-state index is 13.4. The van der Waals surface area contributed by atoms with Gasteiger partial charge in [0.25, 0.3) is 0 Å². The molecule has 1 aliphatic heterocycles. The summed E-state index contributed by atoms with van der Waals surface area (Å²) in [6.45, 7) is 0. The maximum Gasteiger partial charge on any atom is 0.329 e. The summed E-state index contributed by atoms with van der Waals surface area (Å²) in [5.74, 6) is -2.75. The van der Waals surface area contributed by atoms with E-state index in [-0.39, 0.29) is 16.4 Å². The molecule has 1 aromatic carbocycles. The van der Waals surface area contributed by atoms with Crippen molar-refractivity contribution < 1.29 is 18.7 Å². The fourth-order valence-electron chi connectivity index (χ4n) is 1.32. The minimum atomic E-state index is -1.06. The van der Waals surface area contributed by atoms with Crippen LogP contribution in [0.3, 0.4) is 0 Å². The highest BCUT2D eigenvalue weighted by atomic mass is 32.2. The van der Waals surface area contributed by atoms with Crippen molar-refractivity contribution in [1.29, 1.82) is 0 Å². The van der Waals surface area contributed by atoms with Gasteiger partial charge in [0, 0.05) is 11.3 Å². The van der Waals surface area contributed by atoms with E-state index in [1.807, 2.05) is 0 Å². The van der Waals surface area contributed by atoms with E-state index in [2.05, 4.69) is 4.99 Å². The normalized spacial score (nSPS) is 19.6. The molecule has 1 aromatic rings. The van der Waals surface area contributed by atoms with Crippen molar-refractivity contribution in [3.05, 3.63) is 35.4 Å². The third-order valence-electron chi connectivity index (χ3n) is 2.12. The lowest BCUT2D eigenvalue weighted by molar-refractivity contribution is -0.137. The molecule has 0 spiro atoms. The Morgan fingerprint density at radius 1 is 1.50 bits per heavy atom. The van der Waals surface area contributed by atoms with Crippen molar-refractivity contribution in [3.8, 4) is 0 Å². The van der Waals surface area contributed by atoms with Gasteiger partial charge < -0.3 is 5.11 Å². The van der Waals surface area contributed by atoms with E-state index < -0.39 is 23.6 Å². The summed E-state index contributed by atoms with van der Waals surface area (Å²) in [6.07, 6.45) is 0. The highest BCUT2D eigenvalue weighted by Gasteiger charge is 2.27. The van der Waals surface area contributed by atoms with Gasteiger partial charge in [-0.05, 0) is 12.1 Å². The van der Waals surface area contributed by atoms with Gasteiger partial charge in [-0.2, -0.15) is 0 Å². The lowest BCUT2D eigenvalue weighted by Crippen LogP contribution is -2.17. The average molecular weight is 243 g/mol. The van der Waals surface area contributed by atoms with Gasteiger partial charge in [0.15, 0.2) is 17.7 Å². The number of hydrogen-bond acceptors (Lipinski definition) is 3. The SMILES string of the molecule is O=C(O)C1CSC(c2cccc(F)c2F)=N1. The molecule has 0 aliphatic carbocycles. The molecule has 1 aliphatic rings. The molecule has 1 unspecified atom stereocenters. The lowest BCUT2D eigenvalue weighted by Gasteiger charge is -2.01. The van der Waals surface area contributed by atoms with Gasteiger partial charge in [-0.1, -0.05) is 6.07 Å². The van der Waals surface area contributed by atoms with Crippen LogP contribution in [-0.4, -0.2) is 27.9 Å². The first-order valence-electron chi connectivity index (χ1n) is 4.47. The van der Waals surface area contributed by atoms with Crippen molar-refractivity contribution >= 4 is 22.8 Å². The predicted molar refractivity (Wildman–Crippen MR) is 56.8 cm³/mol. The number of rotatable bonds is 2. The standard InChI is InChI=1S/C10H7F2NO2S/c11-6-3-1-2-5(8(6)12)9-13-7(4-16-9)10(14)15/h1-3,7H,4H2,(H,14,15). The Bertz CT molecular complexity index is 476. The first kappa shape index (κ1) is 11.1. The topological polar surface area (TPSA) is 49.7 Å². The Morgan fingerprint density at radius 2 is 2.25 bits per heavy atom. The largest absolute Gasteiger partial charge is 0.480 e. The fraction of sp³-hybridized carbons (Fsp3) is 0.200. The van der Waals surface area contributed by atoms with Crippen molar-refractivity contribution in [2.75, 3.05) is 5.75 Å². The number of carboxylic acid groups (broad SMARTS) is 1. The van der Waals surface area contributed by atoms with E-state index in [9.17, 15) is 13.6 Å². The smallest absolute Gasteiger partial charge is 0.329 e. The number of benzene rings is 1. The van der Waals surface area contributed by atoms with Crippen LogP contribution in [0.15, 0.2) is 23.2 Å². The summed E-state index contributed by atoms with van der Waals surface area (Å²) >= 11 is 1.12. The van der Waals surface area contributed by atoms with Crippen molar-refractivity contribution in [3.63, 3.8) is 0 Å². The van der Waals surface area contributed by atoms with Crippen LogP contribution < -0.4 is 0 Å². The van der Waals surface area contributed by atoms with Crippen molar-refractivity contribution in [2.45, 2.75) is 6.04 Å². The minimum Gasteiger partial charge on any atom is -0.480 e. The summed E-state index contributed by atoms with van der Waals surface area (Å²) in [6, 6.07) is 2.88. The molecular weight excluding hydrogens is 236 g/mol. The summed E-state index contributed by atoms with van der Waals surface area (Å²) in [4.78, 5) is 14.5. The summed E-state index contributed by atoms with van der Waals surface area (Å²) in [5.41, 5.74) is 0.0220. The van der Waals surface area contributed by atoms with E-state index in [1.54, 1.807) is 0 Å². The van der Waals surface area contributed by atoms with E-state index in [0.29, 0.717) is 0 Å². The van der Waals surface area contributed by atoms with Gasteiger partial charge >= 0.3 is 5.97 Å². The number of thioether (sulfide) groups is 1. The van der Waals surface area contributed by atoms with Crippen LogP contribution in [-0.2, 0) is 4.79 Å². The maximum atomic E-state index is 13.4. The quantitative estimate of drug-likeness (QED) is 0.863. The van der Waals surface area contributed by atoms with E-state index in [0.717, 1.165) is 17.8 Å². The molecule has 0 radical (unpaired) electrons. The number of carbonyl (C=O) groups is 1. The molecule has 16 heavy (non-hydrogen) atoms. The van der Waals surface area contributed by atoms with Crippen LogP contribution in [0.5, 0.6) is 0 Å². The highest BCUT2D eigenvalue weighted by Crippen LogP contribution is 2.25. The molecule has 2 rings (SSSR count). The summed E-state index contributed by atoms with van der Waals surface area (Å²) < 4.78 is 26.3. The zero-order chi connectivity index (χ0) is 11.7. The van der Waals surface area contributed by atoms with Crippen LogP contribution in [0.25, 0.3) is 0 Å². The van der Waals surface area contributed by atoms with Crippen LogP contribution in [0.2, 0.25) is 0 Å². The molecule has 1 atom stereocenters. The molecule has 1 heterocycles. The molecule has 1 N–H and O–H groups in total. The Balaban J connectivity index is 2.36. The van der Waals surface area contributed by atoms with Crippen LogP contribution in [0.1, 0.15) is 5.56 Å². The number of aliphatic carboxylic acids is 1. The van der Waals surface area contributed by atoms with Crippen molar-refractivity contribution in [1.82, 2.24) is 0 Å². The predicted octanol–water partition coefficient (Wildman–Crippen LogP) is 1.91. The zero-order valence-corrected chi connectivity index (χ0v) is 8.80. The monoisotopic (exact) mass is 243 g/mol. The van der Waals surface area contributed by atoms with E-state index >= 15 is 0 Å². The van der Waals surface area contributed by atoms with Gasteiger partial charge in [-0.25, -0.2) is 13.6 Å². The number of nitrogens with zero attached hydrogens (tertiary/aromatic N) is 1. The fourth-order valence-corrected chi connectivity index (χ4v) is 2.36. The molecule has 0 saturated carbocycles. The molecular formula is C10H7F2NO2S. The summed E-state index contributed by atoms with van der Waals surface area (Å²) in [5, 5.41) is 8.95. The molecule has 0 saturated heterocycles. The van der Waals surface area contributed by atoms with Crippen LogP contribution >= 0.6 is 11.8 Å². The van der Waals surface area contributed by atoms with Gasteiger partial charge in [0.2, 0.25) is 0 Å². The van der Waals surface area contributed by atoms with Crippen LogP contribution in [0.4, 0.5) is 8.78 Å². The molecule has 0 aromatic heterocycles.